The summed E-state index contributed by atoms with van der Waals surface area (Å²) in [6, 6.07) is 11.8. The molecule has 0 fully saturated rings. The second-order valence-electron chi connectivity index (χ2n) is 5.55. The van der Waals surface area contributed by atoms with Gasteiger partial charge in [0.05, 0.1) is 16.7 Å². The topological polar surface area (TPSA) is 51.6 Å². The highest BCUT2D eigenvalue weighted by atomic mass is 32.2. The molecular formula is C19H12F2N4S3. The summed E-state index contributed by atoms with van der Waals surface area (Å²) in [5.74, 6) is -1.90. The molecule has 0 aliphatic carbocycles. The van der Waals surface area contributed by atoms with Crippen molar-refractivity contribution >= 4 is 58.0 Å². The summed E-state index contributed by atoms with van der Waals surface area (Å²) >= 11 is 4.25. The molecule has 4 aromatic rings. The van der Waals surface area contributed by atoms with E-state index in [-0.39, 0.29) is 11.0 Å². The largest absolute Gasteiger partial charge is 0.244 e. The van der Waals surface area contributed by atoms with Gasteiger partial charge in [0.2, 0.25) is 0 Å². The summed E-state index contributed by atoms with van der Waals surface area (Å²) in [7, 11) is 0. The van der Waals surface area contributed by atoms with E-state index >= 15 is 0 Å². The molecule has 0 saturated carbocycles. The van der Waals surface area contributed by atoms with Crippen LogP contribution >= 0.6 is 34.9 Å². The van der Waals surface area contributed by atoms with Gasteiger partial charge in [-0.15, -0.1) is 10.2 Å². The number of hydrogen-bond acceptors (Lipinski definition) is 7. The van der Waals surface area contributed by atoms with Crippen molar-refractivity contribution < 1.29 is 8.78 Å². The second kappa shape index (κ2) is 8.34. The minimum Gasteiger partial charge on any atom is -0.244 e. The molecule has 140 valence electrons. The third kappa shape index (κ3) is 4.21. The molecule has 0 N–H and O–H groups in total. The Kier molecular flexibility index (Phi) is 5.65. The van der Waals surface area contributed by atoms with E-state index in [1.54, 1.807) is 0 Å². The van der Waals surface area contributed by atoms with E-state index in [9.17, 15) is 8.78 Å². The van der Waals surface area contributed by atoms with Crippen LogP contribution < -0.4 is 0 Å². The molecule has 2 heterocycles. The van der Waals surface area contributed by atoms with E-state index in [2.05, 4.69) is 20.2 Å². The molecule has 0 unspecified atom stereocenters. The highest BCUT2D eigenvalue weighted by molar-refractivity contribution is 8.03. The van der Waals surface area contributed by atoms with Crippen molar-refractivity contribution in [2.45, 2.75) is 13.7 Å². The molecule has 28 heavy (non-hydrogen) atoms. The van der Waals surface area contributed by atoms with Crippen LogP contribution in [0, 0.1) is 11.6 Å². The molecule has 9 heteroatoms. The molecule has 0 aliphatic rings. The number of benzene rings is 2. The Morgan fingerprint density at radius 1 is 0.893 bits per heavy atom. The zero-order valence-corrected chi connectivity index (χ0v) is 16.9. The maximum Gasteiger partial charge on any atom is 0.181 e. The molecule has 0 spiro atoms. The molecule has 0 atom stereocenters. The quantitative estimate of drug-likeness (QED) is 0.373. The van der Waals surface area contributed by atoms with Gasteiger partial charge in [-0.2, -0.15) is 0 Å². The molecule has 0 amide bonds. The Morgan fingerprint density at radius 2 is 1.57 bits per heavy atom. The standard InChI is InChI=1S/C19H12F2N4S3/c1-26-18-24-25-19(28-18)27-17-14(8-7-11-5-3-2-4-6-11)22-15-9-12(20)13(21)10-16(15)23-17/h2-10H,1H3/b8-7+. The van der Waals surface area contributed by atoms with E-state index < -0.39 is 11.6 Å². The lowest BCUT2D eigenvalue weighted by Crippen LogP contribution is -1.95. The van der Waals surface area contributed by atoms with Crippen LogP contribution in [0.1, 0.15) is 11.3 Å². The van der Waals surface area contributed by atoms with Crippen molar-refractivity contribution in [2.24, 2.45) is 0 Å². The van der Waals surface area contributed by atoms with Crippen molar-refractivity contribution in [1.29, 1.82) is 0 Å². The maximum absolute atomic E-state index is 13.6. The van der Waals surface area contributed by atoms with Gasteiger partial charge in [-0.25, -0.2) is 18.7 Å². The SMILES string of the molecule is CSc1nnc(Sc2nc3cc(F)c(F)cc3nc2/C=C/c2ccccc2)s1. The molecule has 0 saturated heterocycles. The lowest BCUT2D eigenvalue weighted by Gasteiger charge is -2.06. The Hall–Kier alpha value is -2.36. The zero-order chi connectivity index (χ0) is 19.5. The van der Waals surface area contributed by atoms with E-state index in [1.807, 2.05) is 48.7 Å². The first kappa shape index (κ1) is 19.0. The lowest BCUT2D eigenvalue weighted by molar-refractivity contribution is 0.510. The van der Waals surface area contributed by atoms with Crippen molar-refractivity contribution in [3.05, 3.63) is 65.4 Å². The molecule has 4 rings (SSSR count). The third-order valence-corrected chi connectivity index (χ3v) is 6.62. The fourth-order valence-electron chi connectivity index (χ4n) is 2.38. The summed E-state index contributed by atoms with van der Waals surface area (Å²) in [5.41, 5.74) is 2.12. The van der Waals surface area contributed by atoms with Gasteiger partial charge in [-0.05, 0) is 29.7 Å². The minimum atomic E-state index is -0.953. The molecule has 0 aliphatic heterocycles. The van der Waals surface area contributed by atoms with Crippen LogP contribution in [0.5, 0.6) is 0 Å². The predicted molar refractivity (Wildman–Crippen MR) is 111 cm³/mol. The smallest absolute Gasteiger partial charge is 0.181 e. The zero-order valence-electron chi connectivity index (χ0n) is 14.5. The molecule has 4 nitrogen and oxygen atoms in total. The van der Waals surface area contributed by atoms with E-state index in [0.717, 1.165) is 22.0 Å². The van der Waals surface area contributed by atoms with Crippen molar-refractivity contribution in [3.63, 3.8) is 0 Å². The average Bonchev–Trinajstić information content (AvgIpc) is 3.16. The number of rotatable bonds is 5. The van der Waals surface area contributed by atoms with Gasteiger partial charge in [0.25, 0.3) is 0 Å². The van der Waals surface area contributed by atoms with Gasteiger partial charge in [-0.3, -0.25) is 0 Å². The van der Waals surface area contributed by atoms with Gasteiger partial charge in [-0.1, -0.05) is 59.5 Å². The number of aromatic nitrogens is 4. The van der Waals surface area contributed by atoms with Gasteiger partial charge in [0, 0.05) is 12.1 Å². The second-order valence-corrected chi connectivity index (χ2v) is 8.82. The fourth-order valence-corrected chi connectivity index (χ4v) is 4.79. The van der Waals surface area contributed by atoms with E-state index in [0.29, 0.717) is 15.1 Å². The maximum atomic E-state index is 13.6. The molecular weight excluding hydrogens is 418 g/mol. The van der Waals surface area contributed by atoms with E-state index in [1.165, 1.54) is 34.9 Å². The average molecular weight is 431 g/mol. The first-order chi connectivity index (χ1) is 13.6. The molecule has 2 aromatic carbocycles. The number of halogens is 2. The van der Waals surface area contributed by atoms with Crippen molar-refractivity contribution in [2.75, 3.05) is 6.26 Å². The summed E-state index contributed by atoms with van der Waals surface area (Å²) < 4.78 is 28.8. The van der Waals surface area contributed by atoms with Crippen LogP contribution in [-0.2, 0) is 0 Å². The van der Waals surface area contributed by atoms with Gasteiger partial charge in [0.15, 0.2) is 20.3 Å². The third-order valence-electron chi connectivity index (χ3n) is 3.68. The number of fused-ring (bicyclic) bond motifs is 1. The normalized spacial score (nSPS) is 11.5. The van der Waals surface area contributed by atoms with Gasteiger partial charge >= 0.3 is 0 Å². The van der Waals surface area contributed by atoms with Crippen molar-refractivity contribution in [1.82, 2.24) is 20.2 Å². The predicted octanol–water partition coefficient (Wildman–Crippen LogP) is 5.80. The molecule has 0 radical (unpaired) electrons. The Labute approximate surface area is 172 Å². The first-order valence-corrected chi connectivity index (χ1v) is 10.9. The first-order valence-electron chi connectivity index (χ1n) is 8.07. The van der Waals surface area contributed by atoms with Crippen LogP contribution in [-0.4, -0.2) is 26.4 Å². The van der Waals surface area contributed by atoms with Crippen LogP contribution in [0.4, 0.5) is 8.78 Å². The lowest BCUT2D eigenvalue weighted by atomic mass is 10.2. The number of nitrogens with zero attached hydrogens (tertiary/aromatic N) is 4. The fraction of sp³-hybridized carbons (Fsp3) is 0.0526. The Balaban J connectivity index is 1.79. The Morgan fingerprint density at radius 3 is 2.25 bits per heavy atom. The van der Waals surface area contributed by atoms with E-state index in [4.69, 9.17) is 0 Å². The summed E-state index contributed by atoms with van der Waals surface area (Å²) in [6.07, 6.45) is 5.63. The van der Waals surface area contributed by atoms with Crippen molar-refractivity contribution in [3.8, 4) is 0 Å². The summed E-state index contributed by atoms with van der Waals surface area (Å²) in [4.78, 5) is 8.98. The monoisotopic (exact) mass is 430 g/mol. The summed E-state index contributed by atoms with van der Waals surface area (Å²) in [6.45, 7) is 0. The highest BCUT2D eigenvalue weighted by Crippen LogP contribution is 2.34. The number of hydrogen-bond donors (Lipinski definition) is 0. The van der Waals surface area contributed by atoms with Gasteiger partial charge < -0.3 is 0 Å². The minimum absolute atomic E-state index is 0.285. The highest BCUT2D eigenvalue weighted by Gasteiger charge is 2.14. The van der Waals surface area contributed by atoms with Crippen LogP contribution in [0.3, 0.4) is 0 Å². The number of thioether (sulfide) groups is 1. The van der Waals surface area contributed by atoms with Gasteiger partial charge in [0.1, 0.15) is 5.03 Å². The summed E-state index contributed by atoms with van der Waals surface area (Å²) in [5, 5.41) is 8.77. The van der Waals surface area contributed by atoms with Crippen LogP contribution in [0.2, 0.25) is 0 Å². The van der Waals surface area contributed by atoms with Crippen LogP contribution in [0.25, 0.3) is 23.2 Å². The van der Waals surface area contributed by atoms with Crippen LogP contribution in [0.15, 0.2) is 56.2 Å². The Bertz CT molecular complexity index is 1160. The molecule has 2 aromatic heterocycles. The molecule has 0 bridgehead atoms.